The molecule has 3 N–H and O–H groups in total. The minimum atomic E-state index is 0.353. The molecule has 1 atom stereocenters. The van der Waals surface area contributed by atoms with E-state index in [1.54, 1.807) is 6.20 Å². The van der Waals surface area contributed by atoms with Crippen LogP contribution in [-0.4, -0.2) is 16.0 Å². The van der Waals surface area contributed by atoms with Gasteiger partial charge in [-0.15, -0.1) is 0 Å². The molecule has 1 heterocycles. The summed E-state index contributed by atoms with van der Waals surface area (Å²) in [6.07, 6.45) is 2.60. The highest BCUT2D eigenvalue weighted by atomic mass is 79.9. The van der Waals surface area contributed by atoms with Crippen LogP contribution in [0.25, 0.3) is 0 Å². The third kappa shape index (κ3) is 2.84. The van der Waals surface area contributed by atoms with E-state index in [2.05, 4.69) is 45.1 Å². The summed E-state index contributed by atoms with van der Waals surface area (Å²) >= 11 is 3.24. The van der Waals surface area contributed by atoms with E-state index in [1.807, 2.05) is 0 Å². The molecular weight excluding hydrogens is 232 g/mol. The van der Waals surface area contributed by atoms with Crippen molar-refractivity contribution in [3.63, 3.8) is 0 Å². The number of hydrogen-bond acceptors (Lipinski definition) is 4. The Kier molecular flexibility index (Phi) is 3.48. The second-order valence-electron chi connectivity index (χ2n) is 2.88. The standard InChI is InChI=1S/C8H13BrN4/c1-3-5(2)12-8-7(10)11-4-6(9)13-8/h4-5H,3H2,1-2H3,(H2,10,11)(H,12,13). The van der Waals surface area contributed by atoms with Crippen molar-refractivity contribution >= 4 is 27.6 Å². The van der Waals surface area contributed by atoms with E-state index in [-0.39, 0.29) is 0 Å². The Morgan fingerprint density at radius 1 is 1.69 bits per heavy atom. The van der Waals surface area contributed by atoms with Gasteiger partial charge in [0, 0.05) is 6.04 Å². The molecule has 0 saturated heterocycles. The van der Waals surface area contributed by atoms with Crippen LogP contribution in [0.1, 0.15) is 20.3 Å². The Morgan fingerprint density at radius 3 is 3.00 bits per heavy atom. The maximum atomic E-state index is 5.64. The molecule has 5 heteroatoms. The van der Waals surface area contributed by atoms with Crippen LogP contribution in [0, 0.1) is 0 Å². The lowest BCUT2D eigenvalue weighted by Crippen LogP contribution is -2.16. The van der Waals surface area contributed by atoms with Gasteiger partial charge in [0.05, 0.1) is 6.20 Å². The lowest BCUT2D eigenvalue weighted by Gasteiger charge is -2.12. The van der Waals surface area contributed by atoms with E-state index >= 15 is 0 Å². The molecule has 0 fully saturated rings. The minimum Gasteiger partial charge on any atom is -0.381 e. The molecule has 1 aromatic heterocycles. The highest BCUT2D eigenvalue weighted by Crippen LogP contribution is 2.16. The van der Waals surface area contributed by atoms with Crippen LogP contribution in [0.2, 0.25) is 0 Å². The first-order valence-electron chi connectivity index (χ1n) is 4.18. The fourth-order valence-corrected chi connectivity index (χ4v) is 1.10. The first kappa shape index (κ1) is 10.2. The van der Waals surface area contributed by atoms with E-state index in [9.17, 15) is 0 Å². The van der Waals surface area contributed by atoms with Gasteiger partial charge in [0.2, 0.25) is 0 Å². The van der Waals surface area contributed by atoms with Crippen LogP contribution < -0.4 is 11.1 Å². The first-order valence-corrected chi connectivity index (χ1v) is 4.97. The van der Waals surface area contributed by atoms with Gasteiger partial charge in [-0.05, 0) is 29.3 Å². The van der Waals surface area contributed by atoms with Crippen molar-refractivity contribution in [1.29, 1.82) is 0 Å². The van der Waals surface area contributed by atoms with Crippen molar-refractivity contribution in [2.24, 2.45) is 0 Å². The molecule has 0 aliphatic carbocycles. The topological polar surface area (TPSA) is 63.8 Å². The predicted octanol–water partition coefficient (Wildman–Crippen LogP) is 2.03. The number of aromatic nitrogens is 2. The molecule has 0 amide bonds. The molecule has 72 valence electrons. The van der Waals surface area contributed by atoms with Crippen molar-refractivity contribution in [3.8, 4) is 0 Å². The predicted molar refractivity (Wildman–Crippen MR) is 57.5 cm³/mol. The van der Waals surface area contributed by atoms with Crippen molar-refractivity contribution < 1.29 is 0 Å². The molecule has 0 aromatic carbocycles. The van der Waals surface area contributed by atoms with Gasteiger partial charge in [-0.25, -0.2) is 9.97 Å². The van der Waals surface area contributed by atoms with Gasteiger partial charge in [0.1, 0.15) is 4.60 Å². The van der Waals surface area contributed by atoms with Gasteiger partial charge >= 0.3 is 0 Å². The van der Waals surface area contributed by atoms with E-state index in [4.69, 9.17) is 5.73 Å². The summed E-state index contributed by atoms with van der Waals surface area (Å²) in [4.78, 5) is 8.15. The monoisotopic (exact) mass is 244 g/mol. The zero-order valence-corrected chi connectivity index (χ0v) is 9.30. The van der Waals surface area contributed by atoms with Crippen molar-refractivity contribution in [2.75, 3.05) is 11.1 Å². The quantitative estimate of drug-likeness (QED) is 0.855. The molecule has 4 nitrogen and oxygen atoms in total. The van der Waals surface area contributed by atoms with Gasteiger partial charge in [-0.2, -0.15) is 0 Å². The van der Waals surface area contributed by atoms with Crippen molar-refractivity contribution in [2.45, 2.75) is 26.3 Å². The van der Waals surface area contributed by atoms with Crippen LogP contribution in [0.4, 0.5) is 11.6 Å². The van der Waals surface area contributed by atoms with Gasteiger partial charge in [0.15, 0.2) is 11.6 Å². The number of nitrogens with zero attached hydrogens (tertiary/aromatic N) is 2. The molecule has 0 aliphatic rings. The second kappa shape index (κ2) is 4.41. The Labute approximate surface area is 86.1 Å². The average molecular weight is 245 g/mol. The normalized spacial score (nSPS) is 12.5. The van der Waals surface area contributed by atoms with Gasteiger partial charge in [-0.1, -0.05) is 6.92 Å². The van der Waals surface area contributed by atoms with Gasteiger partial charge in [-0.3, -0.25) is 0 Å². The van der Waals surface area contributed by atoms with E-state index < -0.39 is 0 Å². The Morgan fingerprint density at radius 2 is 2.38 bits per heavy atom. The number of halogens is 1. The number of hydrogen-bond donors (Lipinski definition) is 2. The third-order valence-electron chi connectivity index (χ3n) is 1.77. The number of nitrogens with one attached hydrogen (secondary N) is 1. The maximum Gasteiger partial charge on any atom is 0.170 e. The van der Waals surface area contributed by atoms with Crippen LogP contribution in [-0.2, 0) is 0 Å². The van der Waals surface area contributed by atoms with Gasteiger partial charge < -0.3 is 11.1 Å². The van der Waals surface area contributed by atoms with E-state index in [0.717, 1.165) is 6.42 Å². The molecule has 0 bridgehead atoms. The average Bonchev–Trinajstić information content (AvgIpc) is 2.11. The molecule has 0 spiro atoms. The summed E-state index contributed by atoms with van der Waals surface area (Å²) in [6.45, 7) is 4.17. The summed E-state index contributed by atoms with van der Waals surface area (Å²) in [5, 5.41) is 3.17. The second-order valence-corrected chi connectivity index (χ2v) is 3.69. The molecule has 0 radical (unpaired) electrons. The fraction of sp³-hybridized carbons (Fsp3) is 0.500. The molecule has 0 aliphatic heterocycles. The smallest absolute Gasteiger partial charge is 0.170 e. The molecule has 1 rings (SSSR count). The highest BCUT2D eigenvalue weighted by Gasteiger charge is 2.05. The number of rotatable bonds is 3. The van der Waals surface area contributed by atoms with Crippen molar-refractivity contribution in [3.05, 3.63) is 10.8 Å². The molecular formula is C8H13BrN4. The third-order valence-corrected chi connectivity index (χ3v) is 2.15. The summed E-state index contributed by atoms with van der Waals surface area (Å²) in [5.74, 6) is 1.08. The lowest BCUT2D eigenvalue weighted by atomic mass is 10.2. The number of nitrogen functional groups attached to an aromatic ring is 1. The Bertz CT molecular complexity index is 289. The van der Waals surface area contributed by atoms with E-state index in [0.29, 0.717) is 22.3 Å². The largest absolute Gasteiger partial charge is 0.381 e. The SMILES string of the molecule is CCC(C)Nc1nc(Br)cnc1N. The Hall–Kier alpha value is -0.840. The summed E-state index contributed by atoms with van der Waals surface area (Å²) < 4.78 is 0.688. The molecule has 1 unspecified atom stereocenters. The molecule has 0 saturated carbocycles. The number of anilines is 2. The Balaban J connectivity index is 2.81. The maximum absolute atomic E-state index is 5.64. The zero-order chi connectivity index (χ0) is 9.84. The lowest BCUT2D eigenvalue weighted by molar-refractivity contribution is 0.758. The van der Waals surface area contributed by atoms with Crippen LogP contribution in [0.3, 0.4) is 0 Å². The zero-order valence-electron chi connectivity index (χ0n) is 7.71. The summed E-state index contributed by atoms with van der Waals surface area (Å²) in [5.41, 5.74) is 5.64. The van der Waals surface area contributed by atoms with Crippen LogP contribution >= 0.6 is 15.9 Å². The van der Waals surface area contributed by atoms with Gasteiger partial charge in [0.25, 0.3) is 0 Å². The fourth-order valence-electron chi connectivity index (χ4n) is 0.819. The molecule has 13 heavy (non-hydrogen) atoms. The molecule has 1 aromatic rings. The highest BCUT2D eigenvalue weighted by molar-refractivity contribution is 9.10. The van der Waals surface area contributed by atoms with E-state index in [1.165, 1.54) is 0 Å². The first-order chi connectivity index (χ1) is 6.13. The summed E-state index contributed by atoms with van der Waals surface area (Å²) in [6, 6.07) is 0.353. The van der Waals surface area contributed by atoms with Crippen LogP contribution in [0.5, 0.6) is 0 Å². The minimum absolute atomic E-state index is 0.353. The number of nitrogens with two attached hydrogens (primary N) is 1. The van der Waals surface area contributed by atoms with Crippen molar-refractivity contribution in [1.82, 2.24) is 9.97 Å². The summed E-state index contributed by atoms with van der Waals surface area (Å²) in [7, 11) is 0. The van der Waals surface area contributed by atoms with Crippen LogP contribution in [0.15, 0.2) is 10.8 Å².